The third-order valence-electron chi connectivity index (χ3n) is 3.10. The lowest BCUT2D eigenvalue weighted by molar-refractivity contribution is 0.514. The monoisotopic (exact) mass is 386 g/mol. The van der Waals surface area contributed by atoms with E-state index in [4.69, 9.17) is 17.4 Å². The predicted molar refractivity (Wildman–Crippen MR) is 89.0 cm³/mol. The summed E-state index contributed by atoms with van der Waals surface area (Å²) in [7, 11) is 0. The summed E-state index contributed by atoms with van der Waals surface area (Å²) in [6.07, 6.45) is 1.93. The molecule has 2 aromatic carbocycles. The van der Waals surface area contributed by atoms with Gasteiger partial charge in [0.1, 0.15) is 0 Å². The zero-order valence-electron chi connectivity index (χ0n) is 10.4. The van der Waals surface area contributed by atoms with Crippen molar-refractivity contribution in [2.75, 3.05) is 0 Å². The third-order valence-corrected chi connectivity index (χ3v) is 4.32. The molecule has 3 N–H and O–H groups in total. The molecule has 100 valence electrons. The highest BCUT2D eigenvalue weighted by Gasteiger charge is 2.13. The average molecular weight is 387 g/mol. The number of hydrogen-bond acceptors (Lipinski definition) is 2. The van der Waals surface area contributed by atoms with Crippen LogP contribution in [0.1, 0.15) is 23.6 Å². The quantitative estimate of drug-likeness (QED) is 0.462. The maximum absolute atomic E-state index is 6.06. The molecule has 2 nitrogen and oxygen atoms in total. The molecule has 19 heavy (non-hydrogen) atoms. The number of halogens is 2. The Morgan fingerprint density at radius 3 is 2.58 bits per heavy atom. The number of nitrogens with one attached hydrogen (secondary N) is 1. The number of benzene rings is 2. The highest BCUT2D eigenvalue weighted by atomic mass is 127. The molecule has 1 unspecified atom stereocenters. The van der Waals surface area contributed by atoms with E-state index >= 15 is 0 Å². The Hall–Kier alpha value is -0.620. The standard InChI is InChI=1S/C15H16ClIN2/c16-12-7-8-14(17)13(10-12)15(19-18)9-6-11-4-2-1-3-5-11/h1-5,7-8,10,15,19H,6,9,18H2. The smallest absolute Gasteiger partial charge is 0.0474 e. The fraction of sp³-hybridized carbons (Fsp3) is 0.200. The van der Waals surface area contributed by atoms with Crippen molar-refractivity contribution in [2.45, 2.75) is 18.9 Å². The first kappa shape index (κ1) is 14.8. The van der Waals surface area contributed by atoms with Gasteiger partial charge in [-0.1, -0.05) is 41.9 Å². The normalized spacial score (nSPS) is 12.4. The first-order chi connectivity index (χ1) is 9.20. The van der Waals surface area contributed by atoms with E-state index in [1.165, 1.54) is 9.13 Å². The second-order valence-electron chi connectivity index (χ2n) is 4.41. The summed E-state index contributed by atoms with van der Waals surface area (Å²) in [4.78, 5) is 0. The molecule has 0 aliphatic heterocycles. The Bertz CT molecular complexity index is 531. The Kier molecular flexibility index (Phi) is 5.63. The Morgan fingerprint density at radius 2 is 1.89 bits per heavy atom. The number of aryl methyl sites for hydroxylation is 1. The van der Waals surface area contributed by atoms with Crippen LogP contribution in [0, 0.1) is 3.57 Å². The molecule has 0 saturated carbocycles. The molecule has 0 aliphatic carbocycles. The zero-order chi connectivity index (χ0) is 13.7. The first-order valence-corrected chi connectivity index (χ1v) is 7.61. The molecule has 2 aromatic rings. The molecule has 0 aromatic heterocycles. The molecule has 0 aliphatic rings. The molecule has 0 bridgehead atoms. The molecule has 2 rings (SSSR count). The number of rotatable bonds is 5. The largest absolute Gasteiger partial charge is 0.271 e. The Labute approximate surface area is 132 Å². The van der Waals surface area contributed by atoms with Crippen molar-refractivity contribution in [1.82, 2.24) is 5.43 Å². The summed E-state index contributed by atoms with van der Waals surface area (Å²) in [5.74, 6) is 5.69. The van der Waals surface area contributed by atoms with Crippen LogP contribution < -0.4 is 11.3 Å². The van der Waals surface area contributed by atoms with Gasteiger partial charge in [-0.2, -0.15) is 0 Å². The van der Waals surface area contributed by atoms with Crippen molar-refractivity contribution in [3.8, 4) is 0 Å². The van der Waals surface area contributed by atoms with Gasteiger partial charge in [0.25, 0.3) is 0 Å². The van der Waals surface area contributed by atoms with E-state index in [2.05, 4.69) is 52.3 Å². The fourth-order valence-corrected chi connectivity index (χ4v) is 2.96. The molecule has 1 atom stereocenters. The van der Waals surface area contributed by atoms with Gasteiger partial charge in [-0.05, 0) is 64.8 Å². The van der Waals surface area contributed by atoms with Crippen LogP contribution in [0.25, 0.3) is 0 Å². The van der Waals surface area contributed by atoms with Crippen LogP contribution in [-0.4, -0.2) is 0 Å². The second-order valence-corrected chi connectivity index (χ2v) is 6.01. The van der Waals surface area contributed by atoms with E-state index in [-0.39, 0.29) is 6.04 Å². The van der Waals surface area contributed by atoms with Crippen LogP contribution >= 0.6 is 34.2 Å². The average Bonchev–Trinajstić information content (AvgIpc) is 2.44. The van der Waals surface area contributed by atoms with Crippen LogP contribution in [-0.2, 0) is 6.42 Å². The van der Waals surface area contributed by atoms with Crippen LogP contribution in [0.4, 0.5) is 0 Å². The Morgan fingerprint density at radius 1 is 1.16 bits per heavy atom. The maximum atomic E-state index is 6.06. The lowest BCUT2D eigenvalue weighted by atomic mass is 9.99. The van der Waals surface area contributed by atoms with Gasteiger partial charge in [0.05, 0.1) is 0 Å². The van der Waals surface area contributed by atoms with Crippen LogP contribution in [0.15, 0.2) is 48.5 Å². The van der Waals surface area contributed by atoms with Gasteiger partial charge in [0.2, 0.25) is 0 Å². The summed E-state index contributed by atoms with van der Waals surface area (Å²) in [5.41, 5.74) is 5.37. The lowest BCUT2D eigenvalue weighted by Gasteiger charge is -2.18. The summed E-state index contributed by atoms with van der Waals surface area (Å²) in [5, 5.41) is 0.746. The molecule has 0 fully saturated rings. The zero-order valence-corrected chi connectivity index (χ0v) is 13.4. The van der Waals surface area contributed by atoms with E-state index in [1.807, 2.05) is 24.3 Å². The minimum atomic E-state index is 0.116. The van der Waals surface area contributed by atoms with Gasteiger partial charge in [-0.25, -0.2) is 0 Å². The van der Waals surface area contributed by atoms with Gasteiger partial charge in [-0.15, -0.1) is 0 Å². The first-order valence-electron chi connectivity index (χ1n) is 6.15. The van der Waals surface area contributed by atoms with Gasteiger partial charge in [0, 0.05) is 14.6 Å². The summed E-state index contributed by atoms with van der Waals surface area (Å²) >= 11 is 8.38. The molecule has 0 amide bonds. The third kappa shape index (κ3) is 4.18. The molecule has 0 heterocycles. The van der Waals surface area contributed by atoms with Crippen LogP contribution in [0.2, 0.25) is 5.02 Å². The molecule has 0 radical (unpaired) electrons. The lowest BCUT2D eigenvalue weighted by Crippen LogP contribution is -2.29. The van der Waals surface area contributed by atoms with E-state index in [1.54, 1.807) is 0 Å². The van der Waals surface area contributed by atoms with E-state index in [0.29, 0.717) is 0 Å². The van der Waals surface area contributed by atoms with Crippen molar-refractivity contribution in [2.24, 2.45) is 5.84 Å². The number of hydrogen-bond donors (Lipinski definition) is 2. The molecule has 0 spiro atoms. The Balaban J connectivity index is 2.10. The van der Waals surface area contributed by atoms with Crippen molar-refractivity contribution >= 4 is 34.2 Å². The highest BCUT2D eigenvalue weighted by Crippen LogP contribution is 2.26. The van der Waals surface area contributed by atoms with Crippen molar-refractivity contribution in [1.29, 1.82) is 0 Å². The number of nitrogens with two attached hydrogens (primary N) is 1. The van der Waals surface area contributed by atoms with Gasteiger partial charge >= 0.3 is 0 Å². The topological polar surface area (TPSA) is 38.0 Å². The molecular formula is C15H16ClIN2. The van der Waals surface area contributed by atoms with E-state index in [9.17, 15) is 0 Å². The minimum Gasteiger partial charge on any atom is -0.271 e. The molecule has 4 heteroatoms. The molecular weight excluding hydrogens is 371 g/mol. The highest BCUT2D eigenvalue weighted by molar-refractivity contribution is 14.1. The predicted octanol–water partition coefficient (Wildman–Crippen LogP) is 4.08. The number of hydrazine groups is 1. The van der Waals surface area contributed by atoms with Gasteiger partial charge in [0.15, 0.2) is 0 Å². The van der Waals surface area contributed by atoms with Crippen LogP contribution in [0.3, 0.4) is 0 Å². The summed E-state index contributed by atoms with van der Waals surface area (Å²) in [6, 6.07) is 16.4. The minimum absolute atomic E-state index is 0.116. The van der Waals surface area contributed by atoms with Crippen molar-refractivity contribution in [3.05, 3.63) is 68.3 Å². The molecule has 0 saturated heterocycles. The van der Waals surface area contributed by atoms with Gasteiger partial charge in [-0.3, -0.25) is 11.3 Å². The maximum Gasteiger partial charge on any atom is 0.0474 e. The summed E-state index contributed by atoms with van der Waals surface area (Å²) in [6.45, 7) is 0. The fourth-order valence-electron chi connectivity index (χ4n) is 2.07. The summed E-state index contributed by atoms with van der Waals surface area (Å²) < 4.78 is 1.18. The van der Waals surface area contributed by atoms with Gasteiger partial charge < -0.3 is 0 Å². The SMILES string of the molecule is NNC(CCc1ccccc1)c1cc(Cl)ccc1I. The van der Waals surface area contributed by atoms with Crippen molar-refractivity contribution < 1.29 is 0 Å². The van der Waals surface area contributed by atoms with E-state index < -0.39 is 0 Å². The second kappa shape index (κ2) is 7.24. The van der Waals surface area contributed by atoms with E-state index in [0.717, 1.165) is 23.4 Å². The van der Waals surface area contributed by atoms with Crippen LogP contribution in [0.5, 0.6) is 0 Å². The van der Waals surface area contributed by atoms with Crippen molar-refractivity contribution in [3.63, 3.8) is 0 Å².